The van der Waals surface area contributed by atoms with Gasteiger partial charge in [-0.1, -0.05) is 0 Å². The highest BCUT2D eigenvalue weighted by atomic mass is 19.4. The second-order valence-electron chi connectivity index (χ2n) is 3.08. The topological polar surface area (TPSA) is 57.4 Å². The molecule has 0 bridgehead atoms. The van der Waals surface area contributed by atoms with Crippen LogP contribution in [0.3, 0.4) is 0 Å². The van der Waals surface area contributed by atoms with Crippen molar-refractivity contribution in [2.24, 2.45) is 5.73 Å². The fourth-order valence-corrected chi connectivity index (χ4v) is 1.21. The molecule has 1 aromatic heterocycles. The van der Waals surface area contributed by atoms with Crippen LogP contribution in [0.2, 0.25) is 0 Å². The highest BCUT2D eigenvalue weighted by molar-refractivity contribution is 5.40. The highest BCUT2D eigenvalue weighted by Gasteiger charge is 2.34. The third-order valence-corrected chi connectivity index (χ3v) is 1.93. The summed E-state index contributed by atoms with van der Waals surface area (Å²) in [7, 11) is 1.01. The fourth-order valence-electron chi connectivity index (χ4n) is 1.21. The first-order valence-corrected chi connectivity index (χ1v) is 4.60. The standard InChI is InChI=1S/C9H9F5N2O2/c1-17-6-2-4(7(10)11)5(3-15)16-8(6)18-9(12,13)14/h2,7H,3,15H2,1H3. The van der Waals surface area contributed by atoms with Crippen molar-refractivity contribution >= 4 is 0 Å². The van der Waals surface area contributed by atoms with E-state index < -0.39 is 36.5 Å². The van der Waals surface area contributed by atoms with Crippen LogP contribution in [0.15, 0.2) is 6.07 Å². The monoisotopic (exact) mass is 272 g/mol. The van der Waals surface area contributed by atoms with Gasteiger partial charge < -0.3 is 15.2 Å². The quantitative estimate of drug-likeness (QED) is 0.855. The van der Waals surface area contributed by atoms with Gasteiger partial charge in [-0.15, -0.1) is 13.2 Å². The number of ether oxygens (including phenoxy) is 2. The number of rotatable bonds is 4. The van der Waals surface area contributed by atoms with Gasteiger partial charge in [-0.25, -0.2) is 13.8 Å². The summed E-state index contributed by atoms with van der Waals surface area (Å²) in [6.07, 6.45) is -7.93. The Morgan fingerprint density at radius 3 is 2.39 bits per heavy atom. The predicted molar refractivity (Wildman–Crippen MR) is 50.3 cm³/mol. The molecule has 4 nitrogen and oxygen atoms in total. The van der Waals surface area contributed by atoms with E-state index in [1.54, 1.807) is 0 Å². The Bertz CT molecular complexity index is 422. The molecule has 9 heteroatoms. The van der Waals surface area contributed by atoms with Gasteiger partial charge in [0.2, 0.25) is 0 Å². The molecule has 0 amide bonds. The molecule has 0 fully saturated rings. The van der Waals surface area contributed by atoms with Crippen molar-refractivity contribution in [1.82, 2.24) is 4.98 Å². The zero-order valence-corrected chi connectivity index (χ0v) is 9.09. The minimum absolute atomic E-state index is 0.384. The highest BCUT2D eigenvalue weighted by Crippen LogP contribution is 2.34. The Morgan fingerprint density at radius 1 is 1.39 bits per heavy atom. The molecular weight excluding hydrogens is 263 g/mol. The van der Waals surface area contributed by atoms with Crippen molar-refractivity contribution in [2.75, 3.05) is 7.11 Å². The number of alkyl halides is 5. The largest absolute Gasteiger partial charge is 0.574 e. The van der Waals surface area contributed by atoms with Crippen molar-refractivity contribution in [3.8, 4) is 11.6 Å². The van der Waals surface area contributed by atoms with E-state index in [2.05, 4.69) is 14.5 Å². The number of nitrogens with two attached hydrogens (primary N) is 1. The first-order chi connectivity index (χ1) is 8.28. The second kappa shape index (κ2) is 5.34. The van der Waals surface area contributed by atoms with Crippen LogP contribution in [0, 0.1) is 0 Å². The van der Waals surface area contributed by atoms with Crippen LogP contribution in [-0.4, -0.2) is 18.5 Å². The Labute approximate surface area is 98.5 Å². The average Bonchev–Trinajstić information content (AvgIpc) is 2.25. The van der Waals surface area contributed by atoms with E-state index in [0.717, 1.165) is 13.2 Å². The van der Waals surface area contributed by atoms with Gasteiger partial charge in [0.15, 0.2) is 5.75 Å². The molecule has 18 heavy (non-hydrogen) atoms. The van der Waals surface area contributed by atoms with E-state index in [1.165, 1.54) is 0 Å². The molecule has 0 spiro atoms. The number of pyridine rings is 1. The van der Waals surface area contributed by atoms with Crippen LogP contribution in [0.5, 0.6) is 11.6 Å². The first kappa shape index (κ1) is 14.4. The molecule has 0 saturated carbocycles. The van der Waals surface area contributed by atoms with Gasteiger partial charge in [0, 0.05) is 12.1 Å². The molecule has 0 aliphatic rings. The van der Waals surface area contributed by atoms with Crippen LogP contribution in [0.25, 0.3) is 0 Å². The molecule has 0 aliphatic heterocycles. The lowest BCUT2D eigenvalue weighted by molar-refractivity contribution is -0.276. The Kier molecular flexibility index (Phi) is 4.28. The Morgan fingerprint density at radius 2 is 2.00 bits per heavy atom. The summed E-state index contributed by atoms with van der Waals surface area (Å²) in [5.74, 6) is -1.49. The van der Waals surface area contributed by atoms with Crippen LogP contribution in [0.4, 0.5) is 22.0 Å². The van der Waals surface area contributed by atoms with Gasteiger partial charge in [-0.05, 0) is 6.07 Å². The summed E-state index contributed by atoms with van der Waals surface area (Å²) in [6.45, 7) is -0.447. The van der Waals surface area contributed by atoms with Crippen LogP contribution < -0.4 is 15.2 Å². The summed E-state index contributed by atoms with van der Waals surface area (Å²) >= 11 is 0. The summed E-state index contributed by atoms with van der Waals surface area (Å²) in [5.41, 5.74) is 4.16. The molecule has 0 aliphatic carbocycles. The Hall–Kier alpha value is -1.64. The number of hydrogen-bond acceptors (Lipinski definition) is 4. The predicted octanol–water partition coefficient (Wildman–Crippen LogP) is 2.39. The molecule has 2 N–H and O–H groups in total. The van der Waals surface area contributed by atoms with Gasteiger partial charge in [0.25, 0.3) is 12.3 Å². The van der Waals surface area contributed by atoms with Gasteiger partial charge in [-0.3, -0.25) is 0 Å². The lowest BCUT2D eigenvalue weighted by Crippen LogP contribution is -2.19. The van der Waals surface area contributed by atoms with Gasteiger partial charge in [0.05, 0.1) is 12.8 Å². The van der Waals surface area contributed by atoms with Crippen LogP contribution in [0.1, 0.15) is 17.7 Å². The summed E-state index contributed by atoms with van der Waals surface area (Å²) < 4.78 is 69.4. The third-order valence-electron chi connectivity index (χ3n) is 1.93. The van der Waals surface area contributed by atoms with Crippen molar-refractivity contribution in [2.45, 2.75) is 19.3 Å². The first-order valence-electron chi connectivity index (χ1n) is 4.60. The summed E-state index contributed by atoms with van der Waals surface area (Å²) in [6, 6.07) is 0.723. The number of hydrogen-bond donors (Lipinski definition) is 1. The van der Waals surface area contributed by atoms with E-state index >= 15 is 0 Å². The summed E-state index contributed by atoms with van der Waals surface area (Å²) in [4.78, 5) is 3.30. The van der Waals surface area contributed by atoms with Crippen molar-refractivity contribution in [3.05, 3.63) is 17.3 Å². The van der Waals surface area contributed by atoms with E-state index in [9.17, 15) is 22.0 Å². The lowest BCUT2D eigenvalue weighted by atomic mass is 10.2. The van der Waals surface area contributed by atoms with Crippen LogP contribution >= 0.6 is 0 Å². The lowest BCUT2D eigenvalue weighted by Gasteiger charge is -2.14. The molecular formula is C9H9F5N2O2. The van der Waals surface area contributed by atoms with E-state index in [1.807, 2.05) is 0 Å². The maximum atomic E-state index is 12.6. The summed E-state index contributed by atoms with van der Waals surface area (Å²) in [5, 5.41) is 0. The molecule has 1 rings (SSSR count). The minimum atomic E-state index is -5.00. The average molecular weight is 272 g/mol. The van der Waals surface area contributed by atoms with Gasteiger partial charge in [-0.2, -0.15) is 0 Å². The molecule has 0 saturated heterocycles. The fraction of sp³-hybridized carbons (Fsp3) is 0.444. The molecule has 0 unspecified atom stereocenters. The van der Waals surface area contributed by atoms with Crippen molar-refractivity contribution in [1.29, 1.82) is 0 Å². The zero-order chi connectivity index (χ0) is 13.9. The normalized spacial score (nSPS) is 11.8. The van der Waals surface area contributed by atoms with Gasteiger partial charge >= 0.3 is 6.36 Å². The van der Waals surface area contributed by atoms with Crippen LogP contribution in [-0.2, 0) is 6.54 Å². The minimum Gasteiger partial charge on any atom is -0.491 e. The smallest absolute Gasteiger partial charge is 0.491 e. The number of aromatic nitrogens is 1. The number of halogens is 5. The van der Waals surface area contributed by atoms with E-state index in [4.69, 9.17) is 5.73 Å². The Balaban J connectivity index is 3.26. The van der Waals surface area contributed by atoms with E-state index in [-0.39, 0.29) is 5.69 Å². The number of nitrogens with zero attached hydrogens (tertiary/aromatic N) is 1. The van der Waals surface area contributed by atoms with Gasteiger partial charge in [0.1, 0.15) is 0 Å². The molecule has 0 radical (unpaired) electrons. The van der Waals surface area contributed by atoms with E-state index in [0.29, 0.717) is 0 Å². The third kappa shape index (κ3) is 3.42. The van der Waals surface area contributed by atoms with Crippen molar-refractivity contribution < 1.29 is 31.4 Å². The SMILES string of the molecule is COc1cc(C(F)F)c(CN)nc1OC(F)(F)F. The maximum absolute atomic E-state index is 12.6. The molecule has 0 atom stereocenters. The molecule has 1 heterocycles. The zero-order valence-electron chi connectivity index (χ0n) is 9.09. The molecule has 0 aromatic carbocycles. The molecule has 1 aromatic rings. The molecule has 102 valence electrons. The number of methoxy groups -OCH3 is 1. The maximum Gasteiger partial charge on any atom is 0.574 e. The van der Waals surface area contributed by atoms with Crippen molar-refractivity contribution in [3.63, 3.8) is 0 Å². The second-order valence-corrected chi connectivity index (χ2v) is 3.08.